The molecule has 1 aromatic rings. The minimum atomic E-state index is 0.744. The zero-order valence-corrected chi connectivity index (χ0v) is 9.76. The number of benzene rings is 1. The van der Waals surface area contributed by atoms with Crippen molar-refractivity contribution in [2.75, 3.05) is 19.6 Å². The SMILES string of the molecule is c1cc2c(cc1C1CCCNC1)CCNC2. The Balaban J connectivity index is 1.84. The lowest BCUT2D eigenvalue weighted by atomic mass is 9.88. The Kier molecular flexibility index (Phi) is 2.94. The molecular weight excluding hydrogens is 196 g/mol. The maximum Gasteiger partial charge on any atom is 0.0208 e. The summed E-state index contributed by atoms with van der Waals surface area (Å²) in [6.45, 7) is 4.56. The van der Waals surface area contributed by atoms with Crippen LogP contribution in [0.1, 0.15) is 35.4 Å². The van der Waals surface area contributed by atoms with E-state index < -0.39 is 0 Å². The fraction of sp³-hybridized carbons (Fsp3) is 0.571. The van der Waals surface area contributed by atoms with Gasteiger partial charge in [-0.15, -0.1) is 0 Å². The van der Waals surface area contributed by atoms with E-state index >= 15 is 0 Å². The summed E-state index contributed by atoms with van der Waals surface area (Å²) in [5.74, 6) is 0.744. The molecule has 2 heterocycles. The fourth-order valence-electron chi connectivity index (χ4n) is 2.89. The van der Waals surface area contributed by atoms with Gasteiger partial charge in [-0.3, -0.25) is 0 Å². The van der Waals surface area contributed by atoms with Gasteiger partial charge in [0.2, 0.25) is 0 Å². The molecule has 1 unspecified atom stereocenters. The van der Waals surface area contributed by atoms with Crippen molar-refractivity contribution in [2.24, 2.45) is 0 Å². The Morgan fingerprint density at radius 3 is 2.94 bits per heavy atom. The molecule has 2 heteroatoms. The molecule has 2 nitrogen and oxygen atoms in total. The largest absolute Gasteiger partial charge is 0.316 e. The molecule has 2 aliphatic rings. The van der Waals surface area contributed by atoms with Crippen molar-refractivity contribution < 1.29 is 0 Å². The van der Waals surface area contributed by atoms with Crippen LogP contribution in [0.3, 0.4) is 0 Å². The molecule has 0 spiro atoms. The van der Waals surface area contributed by atoms with E-state index in [4.69, 9.17) is 0 Å². The lowest BCUT2D eigenvalue weighted by Crippen LogP contribution is -2.29. The summed E-state index contributed by atoms with van der Waals surface area (Å²) in [7, 11) is 0. The van der Waals surface area contributed by atoms with Crippen molar-refractivity contribution in [3.8, 4) is 0 Å². The van der Waals surface area contributed by atoms with E-state index in [9.17, 15) is 0 Å². The topological polar surface area (TPSA) is 24.1 Å². The molecule has 0 aliphatic carbocycles. The molecule has 16 heavy (non-hydrogen) atoms. The average Bonchev–Trinajstić information content (AvgIpc) is 2.39. The molecule has 0 amide bonds. The van der Waals surface area contributed by atoms with Gasteiger partial charge in [-0.05, 0) is 55.0 Å². The number of rotatable bonds is 1. The standard InChI is InChI=1S/C14H20N2/c1-2-13(9-15-6-1)11-3-4-14-10-16-7-5-12(14)8-11/h3-4,8,13,15-16H,1-2,5-7,9-10H2. The highest BCUT2D eigenvalue weighted by atomic mass is 14.9. The quantitative estimate of drug-likeness (QED) is 0.748. The van der Waals surface area contributed by atoms with Gasteiger partial charge in [-0.1, -0.05) is 18.2 Å². The van der Waals surface area contributed by atoms with Crippen molar-refractivity contribution >= 4 is 0 Å². The zero-order valence-electron chi connectivity index (χ0n) is 9.76. The van der Waals surface area contributed by atoms with E-state index in [2.05, 4.69) is 28.8 Å². The first-order valence-corrected chi connectivity index (χ1v) is 6.46. The summed E-state index contributed by atoms with van der Waals surface area (Å²) in [4.78, 5) is 0. The molecule has 1 aromatic carbocycles. The van der Waals surface area contributed by atoms with Crippen LogP contribution in [-0.4, -0.2) is 19.6 Å². The van der Waals surface area contributed by atoms with Crippen LogP contribution >= 0.6 is 0 Å². The molecule has 1 atom stereocenters. The van der Waals surface area contributed by atoms with Gasteiger partial charge in [0.25, 0.3) is 0 Å². The molecule has 0 radical (unpaired) electrons. The average molecular weight is 216 g/mol. The lowest BCUT2D eigenvalue weighted by Gasteiger charge is -2.25. The van der Waals surface area contributed by atoms with Gasteiger partial charge >= 0.3 is 0 Å². The second-order valence-electron chi connectivity index (χ2n) is 5.00. The minimum Gasteiger partial charge on any atom is -0.316 e. The second kappa shape index (κ2) is 4.56. The molecule has 0 aromatic heterocycles. The molecule has 1 fully saturated rings. The van der Waals surface area contributed by atoms with Crippen molar-refractivity contribution in [3.05, 3.63) is 34.9 Å². The van der Waals surface area contributed by atoms with Crippen LogP contribution in [0.25, 0.3) is 0 Å². The van der Waals surface area contributed by atoms with Crippen molar-refractivity contribution in [1.29, 1.82) is 0 Å². The second-order valence-corrected chi connectivity index (χ2v) is 5.00. The highest BCUT2D eigenvalue weighted by molar-refractivity contribution is 5.35. The maximum absolute atomic E-state index is 3.50. The number of nitrogens with one attached hydrogen (secondary N) is 2. The first-order chi connectivity index (χ1) is 7.93. The summed E-state index contributed by atoms with van der Waals surface area (Å²) in [5, 5.41) is 6.93. The smallest absolute Gasteiger partial charge is 0.0208 e. The zero-order chi connectivity index (χ0) is 10.8. The molecule has 1 saturated heterocycles. The fourth-order valence-corrected chi connectivity index (χ4v) is 2.89. The summed E-state index contributed by atoms with van der Waals surface area (Å²) >= 11 is 0. The lowest BCUT2D eigenvalue weighted by molar-refractivity contribution is 0.461. The number of fused-ring (bicyclic) bond motifs is 1. The third-order valence-corrected chi connectivity index (χ3v) is 3.89. The Morgan fingerprint density at radius 2 is 2.06 bits per heavy atom. The van der Waals surface area contributed by atoms with Gasteiger partial charge < -0.3 is 10.6 Å². The molecule has 3 rings (SSSR count). The van der Waals surface area contributed by atoms with Crippen LogP contribution in [0, 0.1) is 0 Å². The Morgan fingerprint density at radius 1 is 1.06 bits per heavy atom. The van der Waals surface area contributed by atoms with Gasteiger partial charge in [0.05, 0.1) is 0 Å². The summed E-state index contributed by atoms with van der Waals surface area (Å²) in [6, 6.07) is 7.11. The number of hydrogen-bond donors (Lipinski definition) is 2. The predicted octanol–water partition coefficient (Wildman–Crippen LogP) is 1.80. The summed E-state index contributed by atoms with van der Waals surface area (Å²) < 4.78 is 0. The highest BCUT2D eigenvalue weighted by Gasteiger charge is 2.17. The molecule has 0 bridgehead atoms. The van der Waals surface area contributed by atoms with Crippen LogP contribution in [0.4, 0.5) is 0 Å². The first kappa shape index (κ1) is 10.3. The van der Waals surface area contributed by atoms with E-state index in [-0.39, 0.29) is 0 Å². The van der Waals surface area contributed by atoms with Crippen LogP contribution in [0.15, 0.2) is 18.2 Å². The van der Waals surface area contributed by atoms with E-state index in [0.717, 1.165) is 25.6 Å². The summed E-state index contributed by atoms with van der Waals surface area (Å²) in [5.41, 5.74) is 4.62. The van der Waals surface area contributed by atoms with Crippen LogP contribution in [-0.2, 0) is 13.0 Å². The van der Waals surface area contributed by atoms with Crippen molar-refractivity contribution in [1.82, 2.24) is 10.6 Å². The third kappa shape index (κ3) is 2.00. The van der Waals surface area contributed by atoms with Crippen LogP contribution < -0.4 is 10.6 Å². The Labute approximate surface area is 97.4 Å². The van der Waals surface area contributed by atoms with Gasteiger partial charge in [0.1, 0.15) is 0 Å². The van der Waals surface area contributed by atoms with Gasteiger partial charge in [-0.25, -0.2) is 0 Å². The Bertz CT molecular complexity index is 367. The highest BCUT2D eigenvalue weighted by Crippen LogP contribution is 2.26. The molecule has 2 aliphatic heterocycles. The van der Waals surface area contributed by atoms with Gasteiger partial charge in [0, 0.05) is 13.1 Å². The van der Waals surface area contributed by atoms with Crippen molar-refractivity contribution in [2.45, 2.75) is 31.7 Å². The number of piperidine rings is 1. The monoisotopic (exact) mass is 216 g/mol. The number of hydrogen-bond acceptors (Lipinski definition) is 2. The van der Waals surface area contributed by atoms with Gasteiger partial charge in [-0.2, -0.15) is 0 Å². The predicted molar refractivity (Wildman–Crippen MR) is 66.7 cm³/mol. The molecule has 2 N–H and O–H groups in total. The van der Waals surface area contributed by atoms with E-state index in [1.807, 2.05) is 0 Å². The van der Waals surface area contributed by atoms with Crippen LogP contribution in [0.2, 0.25) is 0 Å². The van der Waals surface area contributed by atoms with E-state index in [0.29, 0.717) is 0 Å². The molecule has 0 saturated carbocycles. The first-order valence-electron chi connectivity index (χ1n) is 6.46. The van der Waals surface area contributed by atoms with Crippen LogP contribution in [0.5, 0.6) is 0 Å². The molecular formula is C14H20N2. The molecule has 86 valence electrons. The Hall–Kier alpha value is -0.860. The van der Waals surface area contributed by atoms with Gasteiger partial charge in [0.15, 0.2) is 0 Å². The minimum absolute atomic E-state index is 0.744. The maximum atomic E-state index is 3.50. The normalized spacial score (nSPS) is 25.1. The van der Waals surface area contributed by atoms with Crippen molar-refractivity contribution in [3.63, 3.8) is 0 Å². The summed E-state index contributed by atoms with van der Waals surface area (Å²) in [6.07, 6.45) is 3.87. The van der Waals surface area contributed by atoms with E-state index in [1.54, 1.807) is 11.1 Å². The third-order valence-electron chi connectivity index (χ3n) is 3.89. The van der Waals surface area contributed by atoms with E-state index in [1.165, 1.54) is 31.4 Å².